The lowest BCUT2D eigenvalue weighted by molar-refractivity contribution is 0.0462. The molecule has 1 amide bonds. The zero-order valence-corrected chi connectivity index (χ0v) is 8.69. The molecule has 0 aromatic heterocycles. The molecule has 1 aliphatic rings. The highest BCUT2D eigenvalue weighted by molar-refractivity contribution is 5.68. The molecule has 0 aliphatic carbocycles. The molecule has 1 heterocycles. The maximum Gasteiger partial charge on any atom is 0.411 e. The number of hydrogen-bond donors (Lipinski definition) is 0. The number of rotatable bonds is 3. The Bertz CT molecular complexity index is 245. The van der Waals surface area contributed by atoms with Crippen molar-refractivity contribution in [3.8, 4) is 6.07 Å². The van der Waals surface area contributed by atoms with Crippen molar-refractivity contribution in [2.75, 3.05) is 13.1 Å². The monoisotopic (exact) mass is 196 g/mol. The minimum absolute atomic E-state index is 0.344. The van der Waals surface area contributed by atoms with Crippen LogP contribution in [-0.4, -0.2) is 30.2 Å². The molecule has 1 aliphatic heterocycles. The largest absolute Gasteiger partial charge is 0.431 e. The van der Waals surface area contributed by atoms with E-state index in [1.54, 1.807) is 4.90 Å². The zero-order chi connectivity index (χ0) is 10.6. The van der Waals surface area contributed by atoms with Gasteiger partial charge in [0.1, 0.15) is 6.07 Å². The Morgan fingerprint density at radius 1 is 1.71 bits per heavy atom. The molecule has 1 rings (SSSR count). The second kappa shape index (κ2) is 4.85. The van der Waals surface area contributed by atoms with Crippen molar-refractivity contribution in [3.63, 3.8) is 0 Å². The van der Waals surface area contributed by atoms with Gasteiger partial charge in [0.2, 0.25) is 0 Å². The van der Waals surface area contributed by atoms with Gasteiger partial charge in [0.25, 0.3) is 0 Å². The van der Waals surface area contributed by atoms with Crippen LogP contribution in [0, 0.1) is 17.2 Å². The highest BCUT2D eigenvalue weighted by Crippen LogP contribution is 2.13. The molecular formula is C10H16N2O2. The maximum absolute atomic E-state index is 11.3. The van der Waals surface area contributed by atoms with Crippen LogP contribution >= 0.6 is 0 Å². The first-order chi connectivity index (χ1) is 6.63. The number of carbonyl (C=O) groups is 1. The SMILES string of the molecule is CC(C)CCN1CCC(C#N)OC1=O. The highest BCUT2D eigenvalue weighted by Gasteiger charge is 2.26. The van der Waals surface area contributed by atoms with Gasteiger partial charge < -0.3 is 9.64 Å². The fourth-order valence-electron chi connectivity index (χ4n) is 1.33. The molecule has 4 nitrogen and oxygen atoms in total. The lowest BCUT2D eigenvalue weighted by Gasteiger charge is -2.29. The van der Waals surface area contributed by atoms with Gasteiger partial charge in [0.05, 0.1) is 0 Å². The van der Waals surface area contributed by atoms with E-state index < -0.39 is 6.10 Å². The Kier molecular flexibility index (Phi) is 3.75. The molecule has 1 atom stereocenters. The Morgan fingerprint density at radius 3 is 2.93 bits per heavy atom. The van der Waals surface area contributed by atoms with E-state index in [0.29, 0.717) is 18.9 Å². The van der Waals surface area contributed by atoms with Crippen molar-refractivity contribution >= 4 is 6.09 Å². The topological polar surface area (TPSA) is 53.3 Å². The molecule has 78 valence electrons. The molecule has 0 aromatic carbocycles. The van der Waals surface area contributed by atoms with Crippen molar-refractivity contribution in [2.45, 2.75) is 32.8 Å². The van der Waals surface area contributed by atoms with Crippen molar-refractivity contribution in [2.24, 2.45) is 5.92 Å². The molecule has 14 heavy (non-hydrogen) atoms. The van der Waals surface area contributed by atoms with Gasteiger partial charge >= 0.3 is 6.09 Å². The third kappa shape index (κ3) is 2.91. The van der Waals surface area contributed by atoms with Crippen LogP contribution in [0.3, 0.4) is 0 Å². The summed E-state index contributed by atoms with van der Waals surface area (Å²) in [7, 11) is 0. The first-order valence-electron chi connectivity index (χ1n) is 4.98. The van der Waals surface area contributed by atoms with Gasteiger partial charge in [-0.1, -0.05) is 13.8 Å². The van der Waals surface area contributed by atoms with E-state index in [1.165, 1.54) is 0 Å². The van der Waals surface area contributed by atoms with E-state index in [1.807, 2.05) is 6.07 Å². The van der Waals surface area contributed by atoms with Gasteiger partial charge in [-0.25, -0.2) is 4.79 Å². The van der Waals surface area contributed by atoms with E-state index in [-0.39, 0.29) is 6.09 Å². The fourth-order valence-corrected chi connectivity index (χ4v) is 1.33. The fraction of sp³-hybridized carbons (Fsp3) is 0.800. The lowest BCUT2D eigenvalue weighted by Crippen LogP contribution is -2.42. The summed E-state index contributed by atoms with van der Waals surface area (Å²) < 4.78 is 4.91. The predicted molar refractivity (Wildman–Crippen MR) is 51.5 cm³/mol. The maximum atomic E-state index is 11.3. The normalized spacial score (nSPS) is 22.0. The summed E-state index contributed by atoms with van der Waals surface area (Å²) in [5.41, 5.74) is 0. The summed E-state index contributed by atoms with van der Waals surface area (Å²) >= 11 is 0. The van der Waals surface area contributed by atoms with Gasteiger partial charge in [-0.3, -0.25) is 0 Å². The van der Waals surface area contributed by atoms with Crippen molar-refractivity contribution in [1.29, 1.82) is 5.26 Å². The van der Waals surface area contributed by atoms with Crippen LogP contribution < -0.4 is 0 Å². The molecule has 0 saturated carbocycles. The van der Waals surface area contributed by atoms with E-state index in [4.69, 9.17) is 10.00 Å². The molecule has 0 N–H and O–H groups in total. The van der Waals surface area contributed by atoms with Crippen LogP contribution in [0.1, 0.15) is 26.7 Å². The number of ether oxygens (including phenoxy) is 1. The molecule has 0 radical (unpaired) electrons. The molecule has 1 saturated heterocycles. The standard InChI is InChI=1S/C10H16N2O2/c1-8(2)3-5-12-6-4-9(7-11)14-10(12)13/h8-9H,3-6H2,1-2H3. The predicted octanol–water partition coefficient (Wildman–Crippen LogP) is 1.77. The van der Waals surface area contributed by atoms with Crippen LogP contribution in [0.5, 0.6) is 0 Å². The smallest absolute Gasteiger partial charge is 0.411 e. The van der Waals surface area contributed by atoms with E-state index in [9.17, 15) is 4.79 Å². The number of carbonyl (C=O) groups excluding carboxylic acids is 1. The number of cyclic esters (lactones) is 1. The average molecular weight is 196 g/mol. The van der Waals surface area contributed by atoms with Gasteiger partial charge in [-0.2, -0.15) is 5.26 Å². The van der Waals surface area contributed by atoms with Crippen LogP contribution in [0.15, 0.2) is 0 Å². The Balaban J connectivity index is 2.35. The average Bonchev–Trinajstić information content (AvgIpc) is 2.15. The molecule has 1 fully saturated rings. The van der Waals surface area contributed by atoms with Crippen molar-refractivity contribution in [3.05, 3.63) is 0 Å². The van der Waals surface area contributed by atoms with Gasteiger partial charge in [-0.15, -0.1) is 0 Å². The quantitative estimate of drug-likeness (QED) is 0.691. The van der Waals surface area contributed by atoms with Crippen molar-refractivity contribution in [1.82, 2.24) is 4.90 Å². The van der Waals surface area contributed by atoms with E-state index >= 15 is 0 Å². The molecule has 0 aromatic rings. The van der Waals surface area contributed by atoms with E-state index in [0.717, 1.165) is 13.0 Å². The first kappa shape index (κ1) is 10.8. The lowest BCUT2D eigenvalue weighted by atomic mass is 10.1. The summed E-state index contributed by atoms with van der Waals surface area (Å²) in [6.45, 7) is 5.61. The summed E-state index contributed by atoms with van der Waals surface area (Å²) in [4.78, 5) is 13.0. The molecule has 0 bridgehead atoms. The second-order valence-corrected chi connectivity index (χ2v) is 3.96. The molecule has 0 spiro atoms. The minimum atomic E-state index is -0.544. The summed E-state index contributed by atoms with van der Waals surface area (Å²) in [6, 6.07) is 1.95. The Morgan fingerprint density at radius 2 is 2.43 bits per heavy atom. The summed E-state index contributed by atoms with van der Waals surface area (Å²) in [5, 5.41) is 8.57. The highest BCUT2D eigenvalue weighted by atomic mass is 16.6. The third-order valence-electron chi connectivity index (χ3n) is 2.28. The first-order valence-corrected chi connectivity index (χ1v) is 4.98. The van der Waals surface area contributed by atoms with Crippen molar-refractivity contribution < 1.29 is 9.53 Å². The van der Waals surface area contributed by atoms with E-state index in [2.05, 4.69) is 13.8 Å². The summed E-state index contributed by atoms with van der Waals surface area (Å²) in [5.74, 6) is 0.580. The number of amides is 1. The molecule has 1 unspecified atom stereocenters. The van der Waals surface area contributed by atoms with Crippen LogP contribution in [0.4, 0.5) is 4.79 Å². The van der Waals surface area contributed by atoms with Crippen LogP contribution in [0.2, 0.25) is 0 Å². The van der Waals surface area contributed by atoms with Gasteiger partial charge in [0.15, 0.2) is 6.10 Å². The zero-order valence-electron chi connectivity index (χ0n) is 8.69. The van der Waals surface area contributed by atoms with Crippen LogP contribution in [0.25, 0.3) is 0 Å². The Labute approximate surface area is 84.4 Å². The number of nitriles is 1. The van der Waals surface area contributed by atoms with Gasteiger partial charge in [0, 0.05) is 19.5 Å². The molecule has 4 heteroatoms. The van der Waals surface area contributed by atoms with Crippen LogP contribution in [-0.2, 0) is 4.74 Å². The molecular weight excluding hydrogens is 180 g/mol. The summed E-state index contributed by atoms with van der Waals surface area (Å²) in [6.07, 6.45) is 0.716. The Hall–Kier alpha value is -1.24. The van der Waals surface area contributed by atoms with Gasteiger partial charge in [-0.05, 0) is 12.3 Å². The number of hydrogen-bond acceptors (Lipinski definition) is 3. The second-order valence-electron chi connectivity index (χ2n) is 3.96. The number of nitrogens with zero attached hydrogens (tertiary/aromatic N) is 2. The third-order valence-corrected chi connectivity index (χ3v) is 2.28. The minimum Gasteiger partial charge on any atom is -0.431 e.